The zero-order valence-electron chi connectivity index (χ0n) is 11.0. The standard InChI is InChI=1S/C16H17O2P/c1-2-3-12-19-17-15-10-6-4-8-13(15)14-9-5-7-11-16(14)18-19/h4-11H,2-3,12H2,1H3. The molecule has 0 aliphatic carbocycles. The minimum atomic E-state index is -0.877. The average Bonchev–Trinajstić information content (AvgIpc) is 2.61. The van der Waals surface area contributed by atoms with Gasteiger partial charge in [0.05, 0.1) is 6.16 Å². The zero-order chi connectivity index (χ0) is 13.1. The Labute approximate surface area is 113 Å². The smallest absolute Gasteiger partial charge is 0.216 e. The quantitative estimate of drug-likeness (QED) is 0.576. The first-order valence-electron chi connectivity index (χ1n) is 6.70. The van der Waals surface area contributed by atoms with Crippen LogP contribution in [0.3, 0.4) is 0 Å². The van der Waals surface area contributed by atoms with Crippen LogP contribution in [0.1, 0.15) is 19.8 Å². The van der Waals surface area contributed by atoms with Crippen LogP contribution in [0.4, 0.5) is 0 Å². The summed E-state index contributed by atoms with van der Waals surface area (Å²) >= 11 is 0. The average molecular weight is 272 g/mol. The Bertz CT molecular complexity index is 673. The summed E-state index contributed by atoms with van der Waals surface area (Å²) in [6, 6.07) is 16.4. The summed E-state index contributed by atoms with van der Waals surface area (Å²) in [5.41, 5.74) is 1.88. The Hall–Kier alpha value is -1.66. The third kappa shape index (κ3) is 2.54. The number of hydrogen-bond acceptors (Lipinski definition) is 2. The Morgan fingerprint density at radius 1 is 0.842 bits per heavy atom. The van der Waals surface area contributed by atoms with E-state index in [9.17, 15) is 0 Å². The molecule has 0 N–H and O–H groups in total. The molecule has 0 aliphatic rings. The Balaban J connectivity index is 2.34. The predicted octanol–water partition coefficient (Wildman–Crippen LogP) is 6.09. The molecule has 2 aromatic carbocycles. The lowest BCUT2D eigenvalue weighted by Gasteiger charge is -1.95. The van der Waals surface area contributed by atoms with Crippen LogP contribution in [0.5, 0.6) is 0 Å². The fourth-order valence-corrected chi connectivity index (χ4v) is 3.71. The van der Waals surface area contributed by atoms with Gasteiger partial charge in [0.25, 0.3) is 0 Å². The van der Waals surface area contributed by atoms with Crippen LogP contribution in [0, 0.1) is 0 Å². The lowest BCUT2D eigenvalue weighted by Crippen LogP contribution is -1.69. The van der Waals surface area contributed by atoms with Crippen LogP contribution in [0.15, 0.2) is 56.9 Å². The van der Waals surface area contributed by atoms with E-state index in [-0.39, 0.29) is 0 Å². The molecule has 0 atom stereocenters. The van der Waals surface area contributed by atoms with E-state index in [4.69, 9.17) is 8.39 Å². The minimum absolute atomic E-state index is 0.877. The molecule has 2 nitrogen and oxygen atoms in total. The van der Waals surface area contributed by atoms with Crippen molar-refractivity contribution in [1.29, 1.82) is 0 Å². The highest BCUT2D eigenvalue weighted by Crippen LogP contribution is 2.36. The van der Waals surface area contributed by atoms with E-state index in [1.165, 1.54) is 0 Å². The number of para-hydroxylation sites is 2. The molecule has 0 unspecified atom stereocenters. The number of unbranched alkanes of at least 4 members (excludes halogenated alkanes) is 1. The minimum Gasteiger partial charge on any atom is -0.419 e. The molecule has 1 aromatic heterocycles. The van der Waals surface area contributed by atoms with Crippen molar-refractivity contribution in [3.05, 3.63) is 48.5 Å². The molecule has 0 radical (unpaired) electrons. The molecule has 3 heteroatoms. The first kappa shape index (κ1) is 12.4. The third-order valence-corrected chi connectivity index (χ3v) is 4.64. The zero-order valence-corrected chi connectivity index (χ0v) is 11.9. The largest absolute Gasteiger partial charge is 0.419 e. The van der Waals surface area contributed by atoms with Crippen molar-refractivity contribution in [2.24, 2.45) is 0 Å². The van der Waals surface area contributed by atoms with E-state index >= 15 is 0 Å². The van der Waals surface area contributed by atoms with Gasteiger partial charge in [-0.25, -0.2) is 0 Å². The molecular weight excluding hydrogens is 255 g/mol. The van der Waals surface area contributed by atoms with Gasteiger partial charge in [0.1, 0.15) is 11.2 Å². The monoisotopic (exact) mass is 272 g/mol. The van der Waals surface area contributed by atoms with E-state index in [0.29, 0.717) is 0 Å². The fourth-order valence-electron chi connectivity index (χ4n) is 2.15. The first-order chi connectivity index (χ1) is 9.38. The molecule has 1 heterocycles. The second kappa shape index (κ2) is 5.54. The first-order valence-corrected chi connectivity index (χ1v) is 8.06. The van der Waals surface area contributed by atoms with Gasteiger partial charge in [-0.1, -0.05) is 49.7 Å². The van der Waals surface area contributed by atoms with Crippen LogP contribution in [-0.2, 0) is 6.16 Å². The normalized spacial score (nSPS) is 11.0. The molecule has 3 aromatic rings. The lowest BCUT2D eigenvalue weighted by molar-refractivity contribution is 0.626. The highest BCUT2D eigenvalue weighted by atomic mass is 31.1. The van der Waals surface area contributed by atoms with Crippen LogP contribution in [0.2, 0.25) is 0 Å². The molecule has 0 spiro atoms. The van der Waals surface area contributed by atoms with Gasteiger partial charge in [-0.15, -0.1) is 0 Å². The molecule has 0 bridgehead atoms. The molecule has 3 rings (SSSR count). The highest BCUT2D eigenvalue weighted by Gasteiger charge is 2.04. The maximum atomic E-state index is 6.08. The Kier molecular flexibility index (Phi) is 3.61. The SMILES string of the molecule is CCCCp1oc2ccccc2c2ccccc2o1. The second-order valence-corrected chi connectivity index (χ2v) is 6.06. The van der Waals surface area contributed by atoms with Crippen molar-refractivity contribution in [2.75, 3.05) is 0 Å². The van der Waals surface area contributed by atoms with Crippen molar-refractivity contribution < 1.29 is 8.39 Å². The van der Waals surface area contributed by atoms with Crippen LogP contribution < -0.4 is 0 Å². The molecular formula is C16H17O2P. The number of rotatable bonds is 3. The van der Waals surface area contributed by atoms with Gasteiger partial charge in [0.15, 0.2) is 0 Å². The Morgan fingerprint density at radius 2 is 1.37 bits per heavy atom. The molecule has 0 saturated heterocycles. The fraction of sp³-hybridized carbons (Fsp3) is 0.250. The van der Waals surface area contributed by atoms with E-state index in [1.54, 1.807) is 0 Å². The van der Waals surface area contributed by atoms with Crippen molar-refractivity contribution in [3.63, 3.8) is 0 Å². The van der Waals surface area contributed by atoms with Crippen LogP contribution in [0.25, 0.3) is 21.9 Å². The third-order valence-electron chi connectivity index (χ3n) is 3.16. The molecule has 0 saturated carbocycles. The molecule has 0 aliphatic heterocycles. The van der Waals surface area contributed by atoms with Crippen molar-refractivity contribution in [3.8, 4) is 0 Å². The summed E-state index contributed by atoms with van der Waals surface area (Å²) in [4.78, 5) is 0. The maximum Gasteiger partial charge on any atom is 0.216 e. The van der Waals surface area contributed by atoms with Gasteiger partial charge < -0.3 is 8.39 Å². The molecule has 19 heavy (non-hydrogen) atoms. The van der Waals surface area contributed by atoms with Gasteiger partial charge in [-0.3, -0.25) is 0 Å². The number of hydrogen-bond donors (Lipinski definition) is 0. The van der Waals surface area contributed by atoms with Crippen LogP contribution >= 0.6 is 8.01 Å². The van der Waals surface area contributed by atoms with Crippen molar-refractivity contribution in [1.82, 2.24) is 0 Å². The van der Waals surface area contributed by atoms with Crippen LogP contribution in [-0.4, -0.2) is 0 Å². The lowest BCUT2D eigenvalue weighted by atomic mass is 10.1. The summed E-state index contributed by atoms with van der Waals surface area (Å²) < 4.78 is 12.2. The van der Waals surface area contributed by atoms with Crippen molar-refractivity contribution >= 4 is 30.0 Å². The Morgan fingerprint density at radius 3 is 1.89 bits per heavy atom. The van der Waals surface area contributed by atoms with Gasteiger partial charge in [-0.2, -0.15) is 0 Å². The topological polar surface area (TPSA) is 26.3 Å². The summed E-state index contributed by atoms with van der Waals surface area (Å²) in [6.45, 7) is 2.19. The molecule has 0 fully saturated rings. The van der Waals surface area contributed by atoms with E-state index in [2.05, 4.69) is 19.1 Å². The molecule has 0 amide bonds. The summed E-state index contributed by atoms with van der Waals surface area (Å²) in [5, 5.41) is 2.25. The maximum absolute atomic E-state index is 6.08. The summed E-state index contributed by atoms with van der Waals surface area (Å²) in [6.07, 6.45) is 3.28. The van der Waals surface area contributed by atoms with E-state index in [1.807, 2.05) is 36.4 Å². The van der Waals surface area contributed by atoms with E-state index in [0.717, 1.165) is 40.9 Å². The number of benzene rings is 2. The molecule has 98 valence electrons. The van der Waals surface area contributed by atoms with E-state index < -0.39 is 8.01 Å². The van der Waals surface area contributed by atoms with Gasteiger partial charge in [-0.05, 0) is 18.6 Å². The second-order valence-electron chi connectivity index (χ2n) is 4.58. The number of fused-ring (bicyclic) bond motifs is 3. The predicted molar refractivity (Wildman–Crippen MR) is 81.2 cm³/mol. The van der Waals surface area contributed by atoms with Crippen molar-refractivity contribution in [2.45, 2.75) is 25.9 Å². The number of aryl methyl sites for hydroxylation is 1. The highest BCUT2D eigenvalue weighted by molar-refractivity contribution is 7.36. The van der Waals surface area contributed by atoms with Gasteiger partial charge in [0.2, 0.25) is 8.01 Å². The van der Waals surface area contributed by atoms with Gasteiger partial charge in [0, 0.05) is 10.8 Å². The van der Waals surface area contributed by atoms with Gasteiger partial charge >= 0.3 is 0 Å². The summed E-state index contributed by atoms with van der Waals surface area (Å²) in [5.74, 6) is 0. The summed E-state index contributed by atoms with van der Waals surface area (Å²) in [7, 11) is -0.877.